The molecule has 7 heteroatoms. The number of benzene rings is 2. The van der Waals surface area contributed by atoms with Crippen molar-refractivity contribution in [2.24, 2.45) is 0 Å². The molecule has 0 aliphatic carbocycles. The summed E-state index contributed by atoms with van der Waals surface area (Å²) in [5.74, 6) is -0.238. The van der Waals surface area contributed by atoms with E-state index in [1.165, 1.54) is 0 Å². The van der Waals surface area contributed by atoms with E-state index in [2.05, 4.69) is 0 Å². The normalized spacial score (nSPS) is 21.2. The van der Waals surface area contributed by atoms with Crippen LogP contribution >= 0.6 is 0 Å². The second kappa shape index (κ2) is 5.95. The fraction of sp³-hybridized carbons (Fsp3) is 0.381. The van der Waals surface area contributed by atoms with Crippen molar-refractivity contribution in [3.8, 4) is 0 Å². The number of amides is 2. The van der Waals surface area contributed by atoms with E-state index in [0.29, 0.717) is 31.5 Å². The van der Waals surface area contributed by atoms with Gasteiger partial charge in [0.05, 0.1) is 5.69 Å². The van der Waals surface area contributed by atoms with E-state index in [9.17, 15) is 14.4 Å². The van der Waals surface area contributed by atoms with Crippen LogP contribution in [-0.2, 0) is 14.3 Å². The van der Waals surface area contributed by atoms with E-state index >= 15 is 0 Å². The second-order valence-electron chi connectivity index (χ2n) is 7.68. The minimum absolute atomic E-state index is 0.0988. The smallest absolute Gasteiger partial charge is 0.430 e. The third-order valence-corrected chi connectivity index (χ3v) is 6.08. The summed E-state index contributed by atoms with van der Waals surface area (Å²) in [5.41, 5.74) is 0.813. The molecule has 1 spiro atoms. The second-order valence-corrected chi connectivity index (χ2v) is 7.68. The Morgan fingerprint density at radius 1 is 1.11 bits per heavy atom. The van der Waals surface area contributed by atoms with Crippen LogP contribution in [0.5, 0.6) is 0 Å². The first-order chi connectivity index (χ1) is 13.5. The topological polar surface area (TPSA) is 76.2 Å². The molecule has 5 rings (SSSR count). The summed E-state index contributed by atoms with van der Waals surface area (Å²) in [7, 11) is 0. The zero-order valence-corrected chi connectivity index (χ0v) is 15.5. The van der Waals surface area contributed by atoms with Crippen molar-refractivity contribution in [3.63, 3.8) is 0 Å². The van der Waals surface area contributed by atoms with Crippen LogP contribution in [0.1, 0.15) is 30.1 Å². The molecule has 7 nitrogen and oxygen atoms in total. The van der Waals surface area contributed by atoms with E-state index < -0.39 is 17.8 Å². The van der Waals surface area contributed by atoms with Gasteiger partial charge in [-0.2, -0.15) is 0 Å². The summed E-state index contributed by atoms with van der Waals surface area (Å²) >= 11 is 0. The quantitative estimate of drug-likeness (QED) is 0.749. The maximum Gasteiger partial charge on any atom is 0.509 e. The van der Waals surface area contributed by atoms with Gasteiger partial charge in [0, 0.05) is 36.9 Å². The van der Waals surface area contributed by atoms with Gasteiger partial charge in [-0.05, 0) is 24.4 Å². The highest BCUT2D eigenvalue weighted by atomic mass is 16.8. The predicted octanol–water partition coefficient (Wildman–Crippen LogP) is 2.72. The van der Waals surface area contributed by atoms with Crippen molar-refractivity contribution in [1.29, 1.82) is 0 Å². The average molecular weight is 380 g/mol. The Kier molecular flexibility index (Phi) is 3.62. The monoisotopic (exact) mass is 380 g/mol. The Balaban J connectivity index is 1.37. The number of carbonyl (C=O) groups is 3. The van der Waals surface area contributed by atoms with Gasteiger partial charge in [0.15, 0.2) is 5.60 Å². The van der Waals surface area contributed by atoms with Gasteiger partial charge in [-0.15, -0.1) is 0 Å². The average Bonchev–Trinajstić information content (AvgIpc) is 3.21. The minimum atomic E-state index is -0.637. The first kappa shape index (κ1) is 17.0. The van der Waals surface area contributed by atoms with Crippen molar-refractivity contribution in [1.82, 2.24) is 4.90 Å². The van der Waals surface area contributed by atoms with Crippen LogP contribution in [0.15, 0.2) is 36.4 Å². The molecule has 2 aromatic carbocycles. The van der Waals surface area contributed by atoms with Crippen molar-refractivity contribution in [2.45, 2.75) is 31.4 Å². The van der Waals surface area contributed by atoms with Gasteiger partial charge in [0.1, 0.15) is 12.6 Å². The molecule has 144 valence electrons. The maximum atomic E-state index is 13.2. The maximum absolute atomic E-state index is 13.2. The first-order valence-corrected chi connectivity index (χ1v) is 9.49. The Hall–Kier alpha value is -3.09. The molecular formula is C21H20N2O5. The summed E-state index contributed by atoms with van der Waals surface area (Å²) in [6.07, 6.45) is 0.448. The van der Waals surface area contributed by atoms with Gasteiger partial charge >= 0.3 is 6.16 Å². The third kappa shape index (κ3) is 2.38. The number of carbonyl (C=O) groups excluding carboxylic acids is 3. The molecule has 0 N–H and O–H groups in total. The summed E-state index contributed by atoms with van der Waals surface area (Å²) in [6, 6.07) is 10.8. The number of ether oxygens (including phenoxy) is 2. The van der Waals surface area contributed by atoms with Gasteiger partial charge in [-0.25, -0.2) is 4.79 Å². The molecule has 0 unspecified atom stereocenters. The molecule has 2 aromatic rings. The number of anilines is 1. The highest BCUT2D eigenvalue weighted by molar-refractivity contribution is 6.26. The molecule has 0 bridgehead atoms. The number of nitrogens with zero attached hydrogens (tertiary/aromatic N) is 2. The molecule has 2 saturated heterocycles. The highest BCUT2D eigenvalue weighted by Gasteiger charge is 2.46. The van der Waals surface area contributed by atoms with Gasteiger partial charge in [0.25, 0.3) is 5.91 Å². The molecule has 3 heterocycles. The lowest BCUT2D eigenvalue weighted by molar-refractivity contribution is -0.135. The number of hydrogen-bond acceptors (Lipinski definition) is 5. The van der Waals surface area contributed by atoms with Crippen molar-refractivity contribution in [2.75, 3.05) is 24.6 Å². The van der Waals surface area contributed by atoms with E-state index in [-0.39, 0.29) is 18.4 Å². The van der Waals surface area contributed by atoms with Gasteiger partial charge in [-0.3, -0.25) is 14.5 Å². The van der Waals surface area contributed by atoms with Gasteiger partial charge in [0.2, 0.25) is 5.91 Å². The van der Waals surface area contributed by atoms with Crippen LogP contribution in [0, 0.1) is 0 Å². The molecule has 3 aliphatic rings. The molecule has 0 aromatic heterocycles. The molecule has 2 amide bonds. The molecule has 3 aliphatic heterocycles. The lowest BCUT2D eigenvalue weighted by Crippen LogP contribution is -2.54. The third-order valence-electron chi connectivity index (χ3n) is 6.08. The zero-order chi connectivity index (χ0) is 19.5. The fourth-order valence-electron chi connectivity index (χ4n) is 4.51. The first-order valence-electron chi connectivity index (χ1n) is 9.49. The van der Waals surface area contributed by atoms with Crippen LogP contribution in [-0.4, -0.2) is 54.2 Å². The largest absolute Gasteiger partial charge is 0.509 e. The standard InChI is InChI=1S/C21H20N2O5/c1-13(18(24)22-10-8-21(9-11-22)12-27-20(26)28-21)23-16-7-3-5-14-4-2-6-15(17(14)16)19(23)25/h2-7,13H,8-12H2,1H3/t13-/m1/s1. The summed E-state index contributed by atoms with van der Waals surface area (Å²) in [5, 5.41) is 1.90. The lowest BCUT2D eigenvalue weighted by atomic mass is 9.92. The van der Waals surface area contributed by atoms with E-state index in [4.69, 9.17) is 9.47 Å². The van der Waals surface area contributed by atoms with Crippen molar-refractivity contribution < 1.29 is 23.9 Å². The van der Waals surface area contributed by atoms with E-state index in [0.717, 1.165) is 16.5 Å². The van der Waals surface area contributed by atoms with Crippen molar-refractivity contribution >= 4 is 34.4 Å². The number of piperidine rings is 1. The number of hydrogen-bond donors (Lipinski definition) is 0. The molecule has 1 atom stereocenters. The highest BCUT2D eigenvalue weighted by Crippen LogP contribution is 2.39. The predicted molar refractivity (Wildman–Crippen MR) is 101 cm³/mol. The van der Waals surface area contributed by atoms with Gasteiger partial charge in [-0.1, -0.05) is 24.3 Å². The summed E-state index contributed by atoms with van der Waals surface area (Å²) in [6.45, 7) is 2.96. The number of likely N-dealkylation sites (tertiary alicyclic amines) is 1. The van der Waals surface area contributed by atoms with Crippen LogP contribution < -0.4 is 4.90 Å². The lowest BCUT2D eigenvalue weighted by Gasteiger charge is -2.38. The zero-order valence-electron chi connectivity index (χ0n) is 15.5. The minimum Gasteiger partial charge on any atom is -0.430 e. The van der Waals surface area contributed by atoms with E-state index in [1.807, 2.05) is 36.4 Å². The van der Waals surface area contributed by atoms with Crippen LogP contribution in [0.2, 0.25) is 0 Å². The molecule has 0 radical (unpaired) electrons. The summed E-state index contributed by atoms with van der Waals surface area (Å²) in [4.78, 5) is 40.8. The number of rotatable bonds is 2. The number of cyclic esters (lactones) is 1. The molecule has 28 heavy (non-hydrogen) atoms. The Labute approximate surface area is 161 Å². The molecule has 2 fully saturated rings. The Bertz CT molecular complexity index is 1000. The van der Waals surface area contributed by atoms with Crippen LogP contribution in [0.4, 0.5) is 10.5 Å². The Morgan fingerprint density at radius 2 is 1.82 bits per heavy atom. The van der Waals surface area contributed by atoms with Crippen molar-refractivity contribution in [3.05, 3.63) is 42.0 Å². The Morgan fingerprint density at radius 3 is 2.50 bits per heavy atom. The van der Waals surface area contributed by atoms with Crippen LogP contribution in [0.25, 0.3) is 10.8 Å². The summed E-state index contributed by atoms with van der Waals surface area (Å²) < 4.78 is 10.2. The molecule has 0 saturated carbocycles. The van der Waals surface area contributed by atoms with E-state index in [1.54, 1.807) is 16.7 Å². The van der Waals surface area contributed by atoms with Gasteiger partial charge < -0.3 is 14.4 Å². The SMILES string of the molecule is C[C@H](C(=O)N1CCC2(CC1)COC(=O)O2)N1C(=O)c2cccc3cccc1c23. The fourth-order valence-corrected chi connectivity index (χ4v) is 4.51. The molecular weight excluding hydrogens is 360 g/mol. The van der Waals surface area contributed by atoms with Crippen LogP contribution in [0.3, 0.4) is 0 Å².